The molecule has 0 radical (unpaired) electrons. The number of β-amino-alcohol motifs (C(OH)–C–C–N with tert-alkyl or cyclic N) is 1. The van der Waals surface area contributed by atoms with Gasteiger partial charge in [0.1, 0.15) is 11.1 Å². The van der Waals surface area contributed by atoms with Gasteiger partial charge in [-0.2, -0.15) is 5.26 Å². The number of aliphatic hydroxyl groups is 1. The Kier molecular flexibility index (Phi) is 2.21. The van der Waals surface area contributed by atoms with Gasteiger partial charge in [-0.1, -0.05) is 0 Å². The van der Waals surface area contributed by atoms with Gasteiger partial charge < -0.3 is 10.0 Å². The normalized spacial score (nSPS) is 21.8. The molecule has 1 N–H and O–H groups in total. The quantitative estimate of drug-likeness (QED) is 0.730. The molecule has 4 heteroatoms. The van der Waals surface area contributed by atoms with Crippen molar-refractivity contribution in [3.63, 3.8) is 0 Å². The second-order valence-electron chi connectivity index (χ2n) is 3.14. The molecule has 0 aliphatic carbocycles. The summed E-state index contributed by atoms with van der Waals surface area (Å²) >= 11 is 1.57. The minimum Gasteiger partial charge on any atom is -0.391 e. The summed E-state index contributed by atoms with van der Waals surface area (Å²) in [6.07, 6.45) is 0.580. The molecule has 0 spiro atoms. The topological polar surface area (TPSA) is 47.3 Å². The Balaban J connectivity index is 2.22. The van der Waals surface area contributed by atoms with Crippen molar-refractivity contribution in [1.82, 2.24) is 0 Å². The zero-order valence-electron chi connectivity index (χ0n) is 7.10. The SMILES string of the molecule is N#Cc1ccsc1N1CCC(O)C1. The third kappa shape index (κ3) is 1.53. The predicted molar refractivity (Wildman–Crippen MR) is 51.9 cm³/mol. The maximum absolute atomic E-state index is 9.34. The van der Waals surface area contributed by atoms with E-state index >= 15 is 0 Å². The summed E-state index contributed by atoms with van der Waals surface area (Å²) in [6, 6.07) is 3.98. The number of anilines is 1. The summed E-state index contributed by atoms with van der Waals surface area (Å²) in [5, 5.41) is 21.1. The van der Waals surface area contributed by atoms with Gasteiger partial charge in [0.05, 0.1) is 11.7 Å². The summed E-state index contributed by atoms with van der Waals surface area (Å²) < 4.78 is 0. The fraction of sp³-hybridized carbons (Fsp3) is 0.444. The highest BCUT2D eigenvalue weighted by atomic mass is 32.1. The Morgan fingerprint density at radius 2 is 2.54 bits per heavy atom. The predicted octanol–water partition coefficient (Wildman–Crippen LogP) is 1.19. The number of nitrogens with zero attached hydrogens (tertiary/aromatic N) is 2. The molecule has 1 aromatic heterocycles. The highest BCUT2D eigenvalue weighted by Crippen LogP contribution is 2.29. The van der Waals surface area contributed by atoms with Crippen molar-refractivity contribution in [3.05, 3.63) is 17.0 Å². The fourth-order valence-corrected chi connectivity index (χ4v) is 2.45. The zero-order valence-corrected chi connectivity index (χ0v) is 7.92. The van der Waals surface area contributed by atoms with Crippen LogP contribution in [0.3, 0.4) is 0 Å². The second kappa shape index (κ2) is 3.36. The zero-order chi connectivity index (χ0) is 9.26. The van der Waals surface area contributed by atoms with Crippen LogP contribution in [0, 0.1) is 11.3 Å². The van der Waals surface area contributed by atoms with Gasteiger partial charge in [0.2, 0.25) is 0 Å². The van der Waals surface area contributed by atoms with E-state index in [0.29, 0.717) is 6.54 Å². The van der Waals surface area contributed by atoms with Crippen LogP contribution in [0.15, 0.2) is 11.4 Å². The Hall–Kier alpha value is -1.05. The van der Waals surface area contributed by atoms with Crippen molar-refractivity contribution in [2.45, 2.75) is 12.5 Å². The van der Waals surface area contributed by atoms with E-state index in [1.807, 2.05) is 11.4 Å². The first-order valence-corrected chi connectivity index (χ1v) is 5.10. The van der Waals surface area contributed by atoms with E-state index < -0.39 is 0 Å². The van der Waals surface area contributed by atoms with Crippen molar-refractivity contribution in [3.8, 4) is 6.07 Å². The maximum Gasteiger partial charge on any atom is 0.109 e. The molecule has 1 aliphatic heterocycles. The van der Waals surface area contributed by atoms with Crippen LogP contribution in [0.5, 0.6) is 0 Å². The van der Waals surface area contributed by atoms with E-state index in [1.54, 1.807) is 11.3 Å². The maximum atomic E-state index is 9.34. The molecular formula is C9H10N2OS. The van der Waals surface area contributed by atoms with E-state index in [-0.39, 0.29) is 6.10 Å². The first-order valence-electron chi connectivity index (χ1n) is 4.22. The number of rotatable bonds is 1. The number of thiophene rings is 1. The Labute approximate surface area is 80.8 Å². The molecule has 68 valence electrons. The Morgan fingerprint density at radius 1 is 1.69 bits per heavy atom. The van der Waals surface area contributed by atoms with E-state index in [9.17, 15) is 5.11 Å². The molecular weight excluding hydrogens is 184 g/mol. The first kappa shape index (κ1) is 8.54. The van der Waals surface area contributed by atoms with Crippen molar-refractivity contribution >= 4 is 16.3 Å². The molecule has 13 heavy (non-hydrogen) atoms. The van der Waals surface area contributed by atoms with Crippen molar-refractivity contribution in [2.24, 2.45) is 0 Å². The van der Waals surface area contributed by atoms with Crippen molar-refractivity contribution < 1.29 is 5.11 Å². The second-order valence-corrected chi connectivity index (χ2v) is 4.03. The summed E-state index contributed by atoms with van der Waals surface area (Å²) in [5.41, 5.74) is 0.721. The van der Waals surface area contributed by atoms with E-state index in [1.165, 1.54) is 0 Å². The van der Waals surface area contributed by atoms with Gasteiger partial charge in [-0.05, 0) is 17.9 Å². The molecule has 1 aromatic rings. The van der Waals surface area contributed by atoms with Gasteiger partial charge in [0.25, 0.3) is 0 Å². The van der Waals surface area contributed by atoms with Crippen LogP contribution in [-0.2, 0) is 0 Å². The number of nitriles is 1. The standard InChI is InChI=1S/C9H10N2OS/c10-5-7-2-4-13-9(7)11-3-1-8(12)6-11/h2,4,8,12H,1,3,6H2. The van der Waals surface area contributed by atoms with Gasteiger partial charge in [-0.25, -0.2) is 0 Å². The van der Waals surface area contributed by atoms with Crippen LogP contribution in [0.25, 0.3) is 0 Å². The van der Waals surface area contributed by atoms with Gasteiger partial charge in [0.15, 0.2) is 0 Å². The van der Waals surface area contributed by atoms with E-state index in [4.69, 9.17) is 5.26 Å². The lowest BCUT2D eigenvalue weighted by molar-refractivity contribution is 0.198. The number of hydrogen-bond acceptors (Lipinski definition) is 4. The molecule has 0 saturated carbocycles. The lowest BCUT2D eigenvalue weighted by atomic mass is 10.3. The summed E-state index contributed by atoms with van der Waals surface area (Å²) in [5.74, 6) is 0. The molecule has 1 saturated heterocycles. The molecule has 2 heterocycles. The highest BCUT2D eigenvalue weighted by molar-refractivity contribution is 7.14. The number of hydrogen-bond donors (Lipinski definition) is 1. The molecule has 1 unspecified atom stereocenters. The molecule has 0 bridgehead atoms. The largest absolute Gasteiger partial charge is 0.391 e. The van der Waals surface area contributed by atoms with Crippen LogP contribution in [-0.4, -0.2) is 24.3 Å². The average Bonchev–Trinajstić information content (AvgIpc) is 2.71. The third-order valence-electron chi connectivity index (χ3n) is 2.22. The van der Waals surface area contributed by atoms with Gasteiger partial charge in [0, 0.05) is 13.1 Å². The van der Waals surface area contributed by atoms with Crippen LogP contribution in [0.4, 0.5) is 5.00 Å². The third-order valence-corrected chi connectivity index (χ3v) is 3.19. The van der Waals surface area contributed by atoms with Gasteiger partial charge in [-0.15, -0.1) is 11.3 Å². The molecule has 1 aliphatic rings. The summed E-state index contributed by atoms with van der Waals surface area (Å²) in [4.78, 5) is 2.08. The average molecular weight is 194 g/mol. The lowest BCUT2D eigenvalue weighted by Crippen LogP contribution is -2.20. The van der Waals surface area contributed by atoms with Crippen LogP contribution in [0.1, 0.15) is 12.0 Å². The molecule has 2 rings (SSSR count). The summed E-state index contributed by atoms with van der Waals surface area (Å²) in [6.45, 7) is 1.52. The van der Waals surface area contributed by atoms with Crippen LogP contribution in [0.2, 0.25) is 0 Å². The van der Waals surface area contributed by atoms with Gasteiger partial charge >= 0.3 is 0 Å². The molecule has 0 aromatic carbocycles. The monoisotopic (exact) mass is 194 g/mol. The Morgan fingerprint density at radius 3 is 3.15 bits per heavy atom. The van der Waals surface area contributed by atoms with Crippen molar-refractivity contribution in [2.75, 3.05) is 18.0 Å². The summed E-state index contributed by atoms with van der Waals surface area (Å²) in [7, 11) is 0. The van der Waals surface area contributed by atoms with Crippen LogP contribution >= 0.6 is 11.3 Å². The lowest BCUT2D eigenvalue weighted by Gasteiger charge is -2.15. The molecule has 0 amide bonds. The minimum atomic E-state index is -0.228. The first-order chi connectivity index (χ1) is 6.31. The van der Waals surface area contributed by atoms with Crippen molar-refractivity contribution in [1.29, 1.82) is 5.26 Å². The number of aliphatic hydroxyl groups excluding tert-OH is 1. The fourth-order valence-electron chi connectivity index (χ4n) is 1.56. The highest BCUT2D eigenvalue weighted by Gasteiger charge is 2.22. The van der Waals surface area contributed by atoms with Crippen LogP contribution < -0.4 is 4.90 Å². The molecule has 1 atom stereocenters. The minimum absolute atomic E-state index is 0.228. The molecule has 3 nitrogen and oxygen atoms in total. The smallest absolute Gasteiger partial charge is 0.109 e. The van der Waals surface area contributed by atoms with Gasteiger partial charge in [-0.3, -0.25) is 0 Å². The molecule has 1 fully saturated rings. The van der Waals surface area contributed by atoms with E-state index in [0.717, 1.165) is 23.5 Å². The Bertz CT molecular complexity index is 342. The van der Waals surface area contributed by atoms with E-state index in [2.05, 4.69) is 11.0 Å².